The molecule has 0 saturated carbocycles. The molecule has 0 radical (unpaired) electrons. The van der Waals surface area contributed by atoms with E-state index in [9.17, 15) is 0 Å². The van der Waals surface area contributed by atoms with Gasteiger partial charge in [0.2, 0.25) is 0 Å². The summed E-state index contributed by atoms with van der Waals surface area (Å²) in [5.41, 5.74) is 5.31. The number of nitrogens with two attached hydrogens (primary N) is 1. The van der Waals surface area contributed by atoms with Gasteiger partial charge in [-0.2, -0.15) is 0 Å². The van der Waals surface area contributed by atoms with Crippen molar-refractivity contribution >= 4 is 9.53 Å². The monoisotopic (exact) mass is 195 g/mol. The molecular formula is C7H21NO3Si. The van der Waals surface area contributed by atoms with Crippen molar-refractivity contribution in [1.29, 1.82) is 0 Å². The molecule has 0 amide bonds. The Labute approximate surface area is 76.0 Å². The highest BCUT2D eigenvalue weighted by Crippen LogP contribution is 2.00. The Morgan fingerprint density at radius 1 is 1.00 bits per heavy atom. The molecule has 0 fully saturated rings. The highest BCUT2D eigenvalue weighted by Gasteiger charge is 1.83. The van der Waals surface area contributed by atoms with E-state index < -0.39 is 9.53 Å². The molecule has 0 unspecified atom stereocenters. The highest BCUT2D eigenvalue weighted by atomic mass is 28.3. The first-order valence-electron chi connectivity index (χ1n) is 4.39. The summed E-state index contributed by atoms with van der Waals surface area (Å²) in [6.07, 6.45) is 6.60. The van der Waals surface area contributed by atoms with Gasteiger partial charge in [0.05, 0.1) is 0 Å². The normalized spacial score (nSPS) is 9.50. The lowest BCUT2D eigenvalue weighted by Gasteiger charge is -1.93. The second-order valence-corrected chi connectivity index (χ2v) is 3.24. The van der Waals surface area contributed by atoms with E-state index in [0.29, 0.717) is 0 Å². The van der Waals surface area contributed by atoms with Crippen LogP contribution in [0.4, 0.5) is 0 Å². The number of hydrogen-bond donors (Lipinski definition) is 4. The lowest BCUT2D eigenvalue weighted by atomic mass is 10.2. The summed E-state index contributed by atoms with van der Waals surface area (Å²) < 4.78 is 0. The van der Waals surface area contributed by atoms with Crippen LogP contribution < -0.4 is 5.73 Å². The second kappa shape index (κ2) is 13.6. The molecule has 0 aromatic carbocycles. The molecule has 0 spiro atoms. The summed E-state index contributed by atoms with van der Waals surface area (Å²) in [5.74, 6) is 0. The molecule has 0 aliphatic carbocycles. The van der Waals surface area contributed by atoms with Gasteiger partial charge in [0.15, 0.2) is 0 Å². The Kier molecular flexibility index (Phi) is 16.6. The van der Waals surface area contributed by atoms with E-state index in [4.69, 9.17) is 20.1 Å². The molecule has 4 nitrogen and oxygen atoms in total. The summed E-state index contributed by atoms with van der Waals surface area (Å²) in [4.78, 5) is 21.9. The SMILES string of the molecule is CCCCCCCN.O[SiH](O)O. The average Bonchev–Trinajstić information content (AvgIpc) is 1.97. The standard InChI is InChI=1S/C7H17N.H4O3Si/c1-2-3-4-5-6-7-8;1-4(2)3/h2-8H2,1H3;1-4H. The molecule has 0 atom stereocenters. The minimum atomic E-state index is -3.14. The van der Waals surface area contributed by atoms with Gasteiger partial charge in [-0.15, -0.1) is 0 Å². The molecule has 0 heterocycles. The Morgan fingerprint density at radius 2 is 1.42 bits per heavy atom. The van der Waals surface area contributed by atoms with Gasteiger partial charge in [-0.25, -0.2) is 0 Å². The second-order valence-electron chi connectivity index (χ2n) is 2.55. The largest absolute Gasteiger partial charge is 0.475 e. The zero-order valence-electron chi connectivity index (χ0n) is 7.74. The van der Waals surface area contributed by atoms with E-state index in [2.05, 4.69) is 6.92 Å². The van der Waals surface area contributed by atoms with Crippen LogP contribution in [0, 0.1) is 0 Å². The molecule has 0 aromatic heterocycles. The summed E-state index contributed by atoms with van der Waals surface area (Å²) in [6.45, 7) is 3.09. The zero-order valence-corrected chi connectivity index (χ0v) is 8.89. The van der Waals surface area contributed by atoms with Crippen molar-refractivity contribution in [3.8, 4) is 0 Å². The lowest BCUT2D eigenvalue weighted by Crippen LogP contribution is -2.07. The predicted molar refractivity (Wildman–Crippen MR) is 51.6 cm³/mol. The van der Waals surface area contributed by atoms with Gasteiger partial charge >= 0.3 is 9.53 Å². The molecule has 76 valence electrons. The van der Waals surface area contributed by atoms with E-state index in [0.717, 1.165) is 6.54 Å². The van der Waals surface area contributed by atoms with Crippen molar-refractivity contribution in [2.45, 2.75) is 39.0 Å². The molecule has 0 rings (SSSR count). The summed E-state index contributed by atoms with van der Waals surface area (Å²) in [7, 11) is -3.14. The summed E-state index contributed by atoms with van der Waals surface area (Å²) in [6, 6.07) is 0. The molecular weight excluding hydrogens is 174 g/mol. The Balaban J connectivity index is 0. The molecule has 0 saturated heterocycles. The van der Waals surface area contributed by atoms with Crippen LogP contribution in [-0.4, -0.2) is 30.5 Å². The fourth-order valence-electron chi connectivity index (χ4n) is 0.748. The van der Waals surface area contributed by atoms with Crippen LogP contribution >= 0.6 is 0 Å². The van der Waals surface area contributed by atoms with Crippen molar-refractivity contribution in [2.24, 2.45) is 5.73 Å². The molecule has 0 aliphatic rings. The lowest BCUT2D eigenvalue weighted by molar-refractivity contribution is 0.278. The highest BCUT2D eigenvalue weighted by molar-refractivity contribution is 6.30. The topological polar surface area (TPSA) is 86.7 Å². The molecule has 0 aromatic rings. The third-order valence-corrected chi connectivity index (χ3v) is 1.31. The first-order chi connectivity index (χ1) is 5.65. The Morgan fingerprint density at radius 3 is 1.75 bits per heavy atom. The van der Waals surface area contributed by atoms with Crippen molar-refractivity contribution in [3.05, 3.63) is 0 Å². The Bertz CT molecular complexity index is 64.9. The van der Waals surface area contributed by atoms with Crippen LogP contribution in [0.5, 0.6) is 0 Å². The average molecular weight is 195 g/mol. The van der Waals surface area contributed by atoms with E-state index >= 15 is 0 Å². The van der Waals surface area contributed by atoms with Crippen LogP contribution in [0.15, 0.2) is 0 Å². The van der Waals surface area contributed by atoms with Gasteiger partial charge in [0.25, 0.3) is 0 Å². The van der Waals surface area contributed by atoms with Crippen molar-refractivity contribution in [2.75, 3.05) is 6.54 Å². The van der Waals surface area contributed by atoms with Gasteiger partial charge in [-0.05, 0) is 13.0 Å². The minimum Gasteiger partial charge on any atom is -0.392 e. The summed E-state index contributed by atoms with van der Waals surface area (Å²) >= 11 is 0. The fraction of sp³-hybridized carbons (Fsp3) is 1.00. The number of hydrogen-bond acceptors (Lipinski definition) is 4. The third kappa shape index (κ3) is 32.3. The quantitative estimate of drug-likeness (QED) is 0.355. The van der Waals surface area contributed by atoms with E-state index in [1.54, 1.807) is 0 Å². The van der Waals surface area contributed by atoms with Crippen LogP contribution in [0.25, 0.3) is 0 Å². The van der Waals surface area contributed by atoms with Gasteiger partial charge < -0.3 is 20.1 Å². The molecule has 0 bridgehead atoms. The molecule has 0 aliphatic heterocycles. The van der Waals surface area contributed by atoms with E-state index in [1.165, 1.54) is 32.1 Å². The third-order valence-electron chi connectivity index (χ3n) is 1.31. The van der Waals surface area contributed by atoms with Crippen LogP contribution in [0.1, 0.15) is 39.0 Å². The van der Waals surface area contributed by atoms with Crippen molar-refractivity contribution in [3.63, 3.8) is 0 Å². The van der Waals surface area contributed by atoms with Crippen LogP contribution in [0.3, 0.4) is 0 Å². The van der Waals surface area contributed by atoms with E-state index in [-0.39, 0.29) is 0 Å². The maximum atomic E-state index is 7.31. The molecule has 5 heteroatoms. The summed E-state index contributed by atoms with van der Waals surface area (Å²) in [5, 5.41) is 0. The van der Waals surface area contributed by atoms with Crippen LogP contribution in [0.2, 0.25) is 0 Å². The first-order valence-corrected chi connectivity index (χ1v) is 5.94. The molecule has 12 heavy (non-hydrogen) atoms. The maximum Gasteiger partial charge on any atom is 0.475 e. The predicted octanol–water partition coefficient (Wildman–Crippen LogP) is -0.404. The van der Waals surface area contributed by atoms with Crippen molar-refractivity contribution < 1.29 is 14.4 Å². The number of unbranched alkanes of at least 4 members (excludes halogenated alkanes) is 4. The smallest absolute Gasteiger partial charge is 0.392 e. The molecule has 5 N–H and O–H groups in total. The minimum absolute atomic E-state index is 0.865. The zero-order chi connectivity index (χ0) is 9.82. The number of rotatable bonds is 5. The van der Waals surface area contributed by atoms with Gasteiger partial charge in [0.1, 0.15) is 0 Å². The van der Waals surface area contributed by atoms with Gasteiger partial charge in [0, 0.05) is 0 Å². The van der Waals surface area contributed by atoms with Crippen molar-refractivity contribution in [1.82, 2.24) is 0 Å². The van der Waals surface area contributed by atoms with Gasteiger partial charge in [-0.1, -0.05) is 32.6 Å². The first kappa shape index (κ1) is 14.6. The Hall–Kier alpha value is 0.0569. The van der Waals surface area contributed by atoms with Gasteiger partial charge in [-0.3, -0.25) is 0 Å². The fourth-order valence-corrected chi connectivity index (χ4v) is 0.748. The maximum absolute atomic E-state index is 7.31. The van der Waals surface area contributed by atoms with E-state index in [1.807, 2.05) is 0 Å². The van der Waals surface area contributed by atoms with Crippen LogP contribution in [-0.2, 0) is 0 Å².